The van der Waals surface area contributed by atoms with Gasteiger partial charge in [-0.3, -0.25) is 0 Å². The maximum Gasteiger partial charge on any atom is 0.123 e. The summed E-state index contributed by atoms with van der Waals surface area (Å²) in [6.45, 7) is 1.85. The van der Waals surface area contributed by atoms with E-state index in [-0.39, 0.29) is 30.6 Å². The monoisotopic (exact) mass is 407 g/mol. The van der Waals surface area contributed by atoms with Crippen molar-refractivity contribution in [3.63, 3.8) is 0 Å². The quantitative estimate of drug-likeness (QED) is 0.537. The Labute approximate surface area is 172 Å². The lowest BCUT2D eigenvalue weighted by Crippen LogP contribution is -2.11. The molecule has 0 bridgehead atoms. The molecule has 6 heteroatoms. The first-order valence-electron chi connectivity index (χ1n) is 8.47. The van der Waals surface area contributed by atoms with Gasteiger partial charge in [-0.1, -0.05) is 48.5 Å². The summed E-state index contributed by atoms with van der Waals surface area (Å²) in [7, 11) is 1.96. The molecule has 0 fully saturated rings. The third-order valence-electron chi connectivity index (χ3n) is 4.05. The highest BCUT2D eigenvalue weighted by Crippen LogP contribution is 2.24. The molecule has 0 saturated carbocycles. The minimum absolute atomic E-state index is 0. The highest BCUT2D eigenvalue weighted by molar-refractivity contribution is 5.85. The lowest BCUT2D eigenvalue weighted by Gasteiger charge is -2.07. The van der Waals surface area contributed by atoms with E-state index in [4.69, 9.17) is 0 Å². The van der Waals surface area contributed by atoms with Crippen LogP contribution in [0, 0.1) is 5.82 Å². The van der Waals surface area contributed by atoms with Crippen LogP contribution in [0.4, 0.5) is 4.39 Å². The fourth-order valence-corrected chi connectivity index (χ4v) is 2.74. The summed E-state index contributed by atoms with van der Waals surface area (Å²) < 4.78 is 15.2. The average molecular weight is 408 g/mol. The second-order valence-corrected chi connectivity index (χ2v) is 5.88. The fourth-order valence-electron chi connectivity index (χ4n) is 2.74. The summed E-state index contributed by atoms with van der Waals surface area (Å²) in [5.74, 6) is -0.223. The number of aryl methyl sites for hydroxylation is 1. The van der Waals surface area contributed by atoms with Crippen LogP contribution in [0.3, 0.4) is 0 Å². The number of aromatic nitrogens is 2. The number of hydrogen-bond donors (Lipinski definition) is 1. The van der Waals surface area contributed by atoms with Gasteiger partial charge in [-0.15, -0.1) is 24.8 Å². The summed E-state index contributed by atoms with van der Waals surface area (Å²) in [6.07, 6.45) is 6.97. The van der Waals surface area contributed by atoms with Crippen LogP contribution in [0.1, 0.15) is 17.7 Å². The van der Waals surface area contributed by atoms with Crippen molar-refractivity contribution in [2.45, 2.75) is 13.0 Å². The average Bonchev–Trinajstić information content (AvgIpc) is 3.05. The van der Waals surface area contributed by atoms with Crippen molar-refractivity contribution in [1.82, 2.24) is 14.9 Å². The Balaban J connectivity index is 0.00000182. The lowest BCUT2D eigenvalue weighted by molar-refractivity contribution is 0.610. The van der Waals surface area contributed by atoms with Crippen molar-refractivity contribution in [1.29, 1.82) is 0 Å². The fraction of sp³-hybridized carbons (Fsp3) is 0.190. The number of halogens is 3. The summed E-state index contributed by atoms with van der Waals surface area (Å²) in [5, 5.41) is 3.17. The molecule has 144 valence electrons. The van der Waals surface area contributed by atoms with Crippen molar-refractivity contribution in [2.75, 3.05) is 13.6 Å². The van der Waals surface area contributed by atoms with Gasteiger partial charge >= 0.3 is 0 Å². The molecule has 27 heavy (non-hydrogen) atoms. The van der Waals surface area contributed by atoms with Crippen molar-refractivity contribution in [2.24, 2.45) is 0 Å². The molecule has 1 heterocycles. The van der Waals surface area contributed by atoms with E-state index in [1.54, 1.807) is 12.1 Å². The predicted octanol–water partition coefficient (Wildman–Crippen LogP) is 5.31. The lowest BCUT2D eigenvalue weighted by atomic mass is 10.1. The number of benzene rings is 2. The van der Waals surface area contributed by atoms with Gasteiger partial charge in [-0.2, -0.15) is 0 Å². The van der Waals surface area contributed by atoms with Crippen molar-refractivity contribution < 1.29 is 4.39 Å². The molecule has 1 N–H and O–H groups in total. The van der Waals surface area contributed by atoms with E-state index in [0.29, 0.717) is 0 Å². The SMILES string of the molecule is CNCCCn1cnc(-c2ccccc2)c1C=Cc1ccc(F)cc1.Cl.Cl. The Bertz CT molecular complexity index is 830. The Morgan fingerprint density at radius 2 is 1.70 bits per heavy atom. The van der Waals surface area contributed by atoms with Gasteiger partial charge in [-0.05, 0) is 43.8 Å². The smallest absolute Gasteiger partial charge is 0.123 e. The molecule has 3 nitrogen and oxygen atoms in total. The van der Waals surface area contributed by atoms with Crippen LogP contribution in [0.2, 0.25) is 0 Å². The molecule has 0 amide bonds. The van der Waals surface area contributed by atoms with Gasteiger partial charge in [0, 0.05) is 12.1 Å². The third-order valence-corrected chi connectivity index (χ3v) is 4.05. The molecule has 0 atom stereocenters. The molecule has 0 radical (unpaired) electrons. The van der Waals surface area contributed by atoms with Crippen LogP contribution in [-0.4, -0.2) is 23.1 Å². The van der Waals surface area contributed by atoms with Crippen molar-refractivity contribution in [3.05, 3.63) is 78.0 Å². The summed E-state index contributed by atoms with van der Waals surface area (Å²) in [5.41, 5.74) is 4.08. The number of rotatable bonds is 7. The first-order valence-corrected chi connectivity index (χ1v) is 8.47. The molecular formula is C21H24Cl2FN3. The van der Waals surface area contributed by atoms with E-state index in [1.807, 2.05) is 37.7 Å². The Morgan fingerprint density at radius 3 is 2.37 bits per heavy atom. The highest BCUT2D eigenvalue weighted by Gasteiger charge is 2.10. The minimum Gasteiger partial charge on any atom is -0.331 e. The number of nitrogens with one attached hydrogen (secondary N) is 1. The molecule has 1 aromatic heterocycles. The third kappa shape index (κ3) is 6.21. The standard InChI is InChI=1S/C21H22FN3.2ClH/c1-23-14-5-15-25-16-24-21(18-6-3-2-4-7-18)20(25)13-10-17-8-11-19(22)12-9-17;;/h2-4,6-13,16,23H,5,14-15H2,1H3;2*1H. The molecule has 3 rings (SSSR count). The molecule has 2 aromatic carbocycles. The van der Waals surface area contributed by atoms with Crippen molar-refractivity contribution >= 4 is 37.0 Å². The molecule has 0 unspecified atom stereocenters. The molecule has 0 aliphatic carbocycles. The Hall–Kier alpha value is -2.14. The van der Waals surface area contributed by atoms with Gasteiger partial charge in [0.15, 0.2) is 0 Å². The van der Waals surface area contributed by atoms with Crippen LogP contribution < -0.4 is 5.32 Å². The van der Waals surface area contributed by atoms with E-state index in [1.165, 1.54) is 12.1 Å². The van der Waals surface area contributed by atoms with Gasteiger partial charge in [0.25, 0.3) is 0 Å². The van der Waals surface area contributed by atoms with Crippen LogP contribution in [-0.2, 0) is 6.54 Å². The van der Waals surface area contributed by atoms with Crippen LogP contribution in [0.5, 0.6) is 0 Å². The van der Waals surface area contributed by atoms with E-state index < -0.39 is 0 Å². The normalized spacial score (nSPS) is 10.4. The second-order valence-electron chi connectivity index (χ2n) is 5.88. The summed E-state index contributed by atoms with van der Waals surface area (Å²) >= 11 is 0. The molecule has 0 aliphatic rings. The van der Waals surface area contributed by atoms with Gasteiger partial charge in [0.1, 0.15) is 5.82 Å². The van der Waals surface area contributed by atoms with Gasteiger partial charge in [0.05, 0.1) is 17.7 Å². The van der Waals surface area contributed by atoms with E-state index in [2.05, 4.69) is 33.1 Å². The maximum atomic E-state index is 13.1. The summed E-state index contributed by atoms with van der Waals surface area (Å²) in [6, 6.07) is 16.7. The number of hydrogen-bond acceptors (Lipinski definition) is 2. The first-order chi connectivity index (χ1) is 12.3. The van der Waals surface area contributed by atoms with Crippen LogP contribution in [0.15, 0.2) is 60.9 Å². The van der Waals surface area contributed by atoms with Gasteiger partial charge in [0.2, 0.25) is 0 Å². The van der Waals surface area contributed by atoms with Gasteiger partial charge in [-0.25, -0.2) is 9.37 Å². The largest absolute Gasteiger partial charge is 0.331 e. The molecule has 0 saturated heterocycles. The van der Waals surface area contributed by atoms with Crippen molar-refractivity contribution in [3.8, 4) is 11.3 Å². The zero-order valence-corrected chi connectivity index (χ0v) is 16.8. The number of nitrogens with zero attached hydrogens (tertiary/aromatic N) is 2. The van der Waals surface area contributed by atoms with Crippen LogP contribution in [0.25, 0.3) is 23.4 Å². The minimum atomic E-state index is -0.223. The van der Waals surface area contributed by atoms with E-state index in [9.17, 15) is 4.39 Å². The van der Waals surface area contributed by atoms with E-state index in [0.717, 1.165) is 42.0 Å². The Morgan fingerprint density at radius 1 is 1.00 bits per heavy atom. The molecule has 0 aliphatic heterocycles. The topological polar surface area (TPSA) is 29.9 Å². The second kappa shape index (κ2) is 11.5. The first kappa shape index (κ1) is 22.9. The zero-order valence-electron chi connectivity index (χ0n) is 15.1. The highest BCUT2D eigenvalue weighted by atomic mass is 35.5. The predicted molar refractivity (Wildman–Crippen MR) is 116 cm³/mol. The molecule has 3 aromatic rings. The zero-order chi connectivity index (χ0) is 17.5. The van der Waals surface area contributed by atoms with E-state index >= 15 is 0 Å². The maximum absolute atomic E-state index is 13.1. The van der Waals surface area contributed by atoms with Crippen LogP contribution >= 0.6 is 24.8 Å². The number of imidazole rings is 1. The molecular weight excluding hydrogens is 384 g/mol. The molecule has 0 spiro atoms. The van der Waals surface area contributed by atoms with Gasteiger partial charge < -0.3 is 9.88 Å². The summed E-state index contributed by atoms with van der Waals surface area (Å²) in [4.78, 5) is 4.62. The Kier molecular flexibility index (Phi) is 9.79.